The lowest BCUT2D eigenvalue weighted by atomic mass is 10.1. The molecule has 1 heterocycles. The van der Waals surface area contributed by atoms with Gasteiger partial charge in [-0.3, -0.25) is 4.79 Å². The Labute approximate surface area is 99.1 Å². The molecule has 1 atom stereocenters. The van der Waals surface area contributed by atoms with Crippen molar-refractivity contribution >= 4 is 5.91 Å². The maximum atomic E-state index is 11.7. The van der Waals surface area contributed by atoms with Crippen LogP contribution in [0.5, 0.6) is 0 Å². The lowest BCUT2D eigenvalue weighted by molar-refractivity contribution is -0.131. The maximum Gasteiger partial charge on any atom is 0.222 e. The second kappa shape index (κ2) is 6.89. The number of ether oxygens (including phenoxy) is 1. The first-order valence-corrected chi connectivity index (χ1v) is 6.45. The first-order valence-electron chi connectivity index (χ1n) is 6.45. The van der Waals surface area contributed by atoms with Crippen molar-refractivity contribution in [1.82, 2.24) is 4.90 Å². The van der Waals surface area contributed by atoms with Crippen LogP contribution in [0.1, 0.15) is 46.0 Å². The monoisotopic (exact) mass is 227 g/mol. The number of hydrogen-bond acceptors (Lipinski definition) is 2. The third-order valence-electron chi connectivity index (χ3n) is 3.07. The zero-order valence-corrected chi connectivity index (χ0v) is 10.9. The molecule has 0 aromatic rings. The summed E-state index contributed by atoms with van der Waals surface area (Å²) in [5.74, 6) is 0.701. The van der Waals surface area contributed by atoms with E-state index >= 15 is 0 Å². The lowest BCUT2D eigenvalue weighted by Crippen LogP contribution is -2.32. The van der Waals surface area contributed by atoms with Crippen molar-refractivity contribution < 1.29 is 9.53 Å². The Hall–Kier alpha value is -0.570. The van der Waals surface area contributed by atoms with Crippen molar-refractivity contribution in [3.63, 3.8) is 0 Å². The molecule has 94 valence electrons. The summed E-state index contributed by atoms with van der Waals surface area (Å²) in [6, 6.07) is 0. The molecule has 1 aliphatic heterocycles. The van der Waals surface area contributed by atoms with Gasteiger partial charge in [0.05, 0.1) is 6.10 Å². The van der Waals surface area contributed by atoms with Gasteiger partial charge in [-0.25, -0.2) is 0 Å². The van der Waals surface area contributed by atoms with Gasteiger partial charge >= 0.3 is 0 Å². The summed E-state index contributed by atoms with van der Waals surface area (Å²) >= 11 is 0. The quantitative estimate of drug-likeness (QED) is 0.722. The molecule has 1 unspecified atom stereocenters. The highest BCUT2D eigenvalue weighted by atomic mass is 16.5. The van der Waals surface area contributed by atoms with Gasteiger partial charge in [-0.15, -0.1) is 0 Å². The molecule has 0 radical (unpaired) electrons. The fraction of sp³-hybridized carbons (Fsp3) is 0.923. The van der Waals surface area contributed by atoms with E-state index in [1.165, 1.54) is 12.8 Å². The topological polar surface area (TPSA) is 29.5 Å². The Kier molecular flexibility index (Phi) is 5.81. The van der Waals surface area contributed by atoms with Gasteiger partial charge < -0.3 is 9.64 Å². The van der Waals surface area contributed by atoms with E-state index in [-0.39, 0.29) is 5.91 Å². The van der Waals surface area contributed by atoms with Crippen molar-refractivity contribution in [2.24, 2.45) is 5.92 Å². The fourth-order valence-electron chi connectivity index (χ4n) is 2.00. The standard InChI is InChI=1S/C13H25NO2/c1-11(2)10-13(15)14(3)8-7-12-6-4-5-9-16-12/h11-12H,4-10H2,1-3H3. The van der Waals surface area contributed by atoms with Crippen molar-refractivity contribution in [3.8, 4) is 0 Å². The molecule has 1 saturated heterocycles. The average molecular weight is 227 g/mol. The Balaban J connectivity index is 2.17. The molecule has 0 aromatic heterocycles. The molecule has 1 rings (SSSR count). The molecule has 0 saturated carbocycles. The predicted molar refractivity (Wildman–Crippen MR) is 65.3 cm³/mol. The van der Waals surface area contributed by atoms with Gasteiger partial charge in [0.1, 0.15) is 0 Å². The smallest absolute Gasteiger partial charge is 0.222 e. The van der Waals surface area contributed by atoms with Crippen molar-refractivity contribution in [2.45, 2.75) is 52.1 Å². The average Bonchev–Trinajstić information content (AvgIpc) is 2.26. The molecule has 16 heavy (non-hydrogen) atoms. The first-order chi connectivity index (χ1) is 7.59. The van der Waals surface area contributed by atoms with Crippen LogP contribution >= 0.6 is 0 Å². The molecular weight excluding hydrogens is 202 g/mol. The SMILES string of the molecule is CC(C)CC(=O)N(C)CCC1CCCCO1. The van der Waals surface area contributed by atoms with Gasteiger partial charge in [0, 0.05) is 26.6 Å². The normalized spacial score (nSPS) is 21.1. The number of hydrogen-bond donors (Lipinski definition) is 0. The van der Waals surface area contributed by atoms with Gasteiger partial charge in [0.25, 0.3) is 0 Å². The van der Waals surface area contributed by atoms with Crippen molar-refractivity contribution in [1.29, 1.82) is 0 Å². The molecule has 0 aromatic carbocycles. The number of nitrogens with zero attached hydrogens (tertiary/aromatic N) is 1. The van der Waals surface area contributed by atoms with Crippen LogP contribution < -0.4 is 0 Å². The van der Waals surface area contributed by atoms with E-state index in [0.29, 0.717) is 18.4 Å². The van der Waals surface area contributed by atoms with E-state index in [0.717, 1.165) is 26.0 Å². The number of rotatable bonds is 5. The zero-order valence-electron chi connectivity index (χ0n) is 10.9. The van der Waals surface area contributed by atoms with Gasteiger partial charge in [-0.05, 0) is 31.6 Å². The van der Waals surface area contributed by atoms with Gasteiger partial charge in [-0.2, -0.15) is 0 Å². The van der Waals surface area contributed by atoms with E-state index < -0.39 is 0 Å². The first kappa shape index (κ1) is 13.5. The van der Waals surface area contributed by atoms with Gasteiger partial charge in [0.15, 0.2) is 0 Å². The van der Waals surface area contributed by atoms with Crippen LogP contribution in [-0.4, -0.2) is 37.1 Å². The number of amides is 1. The minimum Gasteiger partial charge on any atom is -0.378 e. The summed E-state index contributed by atoms with van der Waals surface area (Å²) in [4.78, 5) is 13.6. The number of carbonyl (C=O) groups is 1. The fourth-order valence-corrected chi connectivity index (χ4v) is 2.00. The summed E-state index contributed by atoms with van der Waals surface area (Å²) in [7, 11) is 1.90. The Morgan fingerprint density at radius 1 is 1.44 bits per heavy atom. The Bertz CT molecular complexity index is 210. The molecule has 3 heteroatoms. The molecular formula is C13H25NO2. The van der Waals surface area contributed by atoms with Crippen LogP contribution in [0.3, 0.4) is 0 Å². The van der Waals surface area contributed by atoms with E-state index in [2.05, 4.69) is 13.8 Å². The minimum atomic E-state index is 0.255. The van der Waals surface area contributed by atoms with E-state index in [1.807, 2.05) is 11.9 Å². The molecule has 0 spiro atoms. The molecule has 1 amide bonds. The lowest BCUT2D eigenvalue weighted by Gasteiger charge is -2.25. The predicted octanol–water partition coefficient (Wildman–Crippen LogP) is 2.45. The van der Waals surface area contributed by atoms with Crippen LogP contribution in [0, 0.1) is 5.92 Å². The summed E-state index contributed by atoms with van der Waals surface area (Å²) in [5.41, 5.74) is 0. The Morgan fingerprint density at radius 3 is 2.75 bits per heavy atom. The summed E-state index contributed by atoms with van der Waals surface area (Å²) in [5, 5.41) is 0. The Morgan fingerprint density at radius 2 is 2.19 bits per heavy atom. The van der Waals surface area contributed by atoms with Crippen LogP contribution in [0.2, 0.25) is 0 Å². The minimum absolute atomic E-state index is 0.255. The third-order valence-corrected chi connectivity index (χ3v) is 3.07. The van der Waals surface area contributed by atoms with Gasteiger partial charge in [0.2, 0.25) is 5.91 Å². The molecule has 1 aliphatic rings. The van der Waals surface area contributed by atoms with E-state index in [1.54, 1.807) is 0 Å². The molecule has 0 aliphatic carbocycles. The zero-order chi connectivity index (χ0) is 12.0. The second-order valence-electron chi connectivity index (χ2n) is 5.19. The second-order valence-corrected chi connectivity index (χ2v) is 5.19. The number of carbonyl (C=O) groups excluding carboxylic acids is 1. The van der Waals surface area contributed by atoms with Crippen LogP contribution in [-0.2, 0) is 9.53 Å². The highest BCUT2D eigenvalue weighted by Crippen LogP contribution is 2.16. The summed E-state index contributed by atoms with van der Waals surface area (Å²) < 4.78 is 5.65. The molecule has 0 N–H and O–H groups in total. The third kappa shape index (κ3) is 4.97. The summed E-state index contributed by atoms with van der Waals surface area (Å²) in [6.07, 6.45) is 5.64. The molecule has 1 fully saturated rings. The summed E-state index contributed by atoms with van der Waals surface area (Å²) in [6.45, 7) is 5.89. The van der Waals surface area contributed by atoms with Crippen molar-refractivity contribution in [2.75, 3.05) is 20.2 Å². The highest BCUT2D eigenvalue weighted by molar-refractivity contribution is 5.75. The van der Waals surface area contributed by atoms with Crippen LogP contribution in [0.4, 0.5) is 0 Å². The maximum absolute atomic E-state index is 11.7. The molecule has 0 bridgehead atoms. The largest absolute Gasteiger partial charge is 0.378 e. The van der Waals surface area contributed by atoms with Crippen LogP contribution in [0.25, 0.3) is 0 Å². The molecule has 3 nitrogen and oxygen atoms in total. The van der Waals surface area contributed by atoms with E-state index in [9.17, 15) is 4.79 Å². The van der Waals surface area contributed by atoms with Crippen molar-refractivity contribution in [3.05, 3.63) is 0 Å². The van der Waals surface area contributed by atoms with Crippen LogP contribution in [0.15, 0.2) is 0 Å². The van der Waals surface area contributed by atoms with E-state index in [4.69, 9.17) is 4.74 Å². The highest BCUT2D eigenvalue weighted by Gasteiger charge is 2.16. The van der Waals surface area contributed by atoms with Gasteiger partial charge in [-0.1, -0.05) is 13.8 Å².